The first-order valence-electron chi connectivity index (χ1n) is 11.3. The van der Waals surface area contributed by atoms with Gasteiger partial charge in [-0.15, -0.1) is 0 Å². The molecule has 1 atom stereocenters. The number of aromatic nitrogens is 2. The molecule has 0 radical (unpaired) electrons. The maximum absolute atomic E-state index is 13.7. The van der Waals surface area contributed by atoms with Gasteiger partial charge in [-0.05, 0) is 59.7 Å². The van der Waals surface area contributed by atoms with Crippen molar-refractivity contribution in [2.75, 3.05) is 19.0 Å². The number of hydrogen-bond donors (Lipinski definition) is 0. The molecular formula is C27H24N6O2S. The van der Waals surface area contributed by atoms with Crippen LogP contribution in [0.3, 0.4) is 0 Å². The highest BCUT2D eigenvalue weighted by atomic mass is 32.2. The van der Waals surface area contributed by atoms with E-state index in [-0.39, 0.29) is 4.90 Å². The Morgan fingerprint density at radius 3 is 2.25 bits per heavy atom. The van der Waals surface area contributed by atoms with Crippen molar-refractivity contribution in [1.82, 2.24) is 14.0 Å². The lowest BCUT2D eigenvalue weighted by molar-refractivity contribution is 0.371. The van der Waals surface area contributed by atoms with Crippen LogP contribution in [-0.4, -0.2) is 42.2 Å². The minimum absolute atomic E-state index is 0.0943. The Morgan fingerprint density at radius 2 is 1.67 bits per heavy atom. The zero-order valence-electron chi connectivity index (χ0n) is 19.9. The lowest BCUT2D eigenvalue weighted by Gasteiger charge is -2.24. The number of hydrazone groups is 1. The molecule has 2 heterocycles. The van der Waals surface area contributed by atoms with E-state index in [1.54, 1.807) is 12.5 Å². The summed E-state index contributed by atoms with van der Waals surface area (Å²) in [4.78, 5) is 6.17. The molecule has 1 unspecified atom stereocenters. The van der Waals surface area contributed by atoms with Crippen molar-refractivity contribution in [1.29, 1.82) is 5.26 Å². The highest BCUT2D eigenvalue weighted by Gasteiger charge is 2.37. The van der Waals surface area contributed by atoms with Crippen LogP contribution in [0.5, 0.6) is 0 Å². The van der Waals surface area contributed by atoms with Gasteiger partial charge in [-0.25, -0.2) is 4.98 Å². The summed E-state index contributed by atoms with van der Waals surface area (Å²) in [6.45, 7) is 0. The van der Waals surface area contributed by atoms with E-state index in [1.165, 1.54) is 28.7 Å². The van der Waals surface area contributed by atoms with Gasteiger partial charge in [0.15, 0.2) is 0 Å². The molecule has 0 fully saturated rings. The lowest BCUT2D eigenvalue weighted by Crippen LogP contribution is -2.27. The van der Waals surface area contributed by atoms with Gasteiger partial charge < -0.3 is 9.47 Å². The predicted octanol–water partition coefficient (Wildman–Crippen LogP) is 4.35. The molecule has 4 aromatic rings. The van der Waals surface area contributed by atoms with Crippen LogP contribution in [0.25, 0.3) is 5.69 Å². The van der Waals surface area contributed by atoms with Gasteiger partial charge in [0.25, 0.3) is 10.0 Å². The minimum Gasteiger partial charge on any atom is -0.378 e. The zero-order valence-corrected chi connectivity index (χ0v) is 20.7. The molecule has 36 heavy (non-hydrogen) atoms. The molecule has 1 aromatic heterocycles. The quantitative estimate of drug-likeness (QED) is 0.396. The first-order chi connectivity index (χ1) is 17.4. The molecule has 3 aromatic carbocycles. The van der Waals surface area contributed by atoms with Gasteiger partial charge in [-0.3, -0.25) is 0 Å². The van der Waals surface area contributed by atoms with Crippen molar-refractivity contribution in [3.8, 4) is 11.8 Å². The number of rotatable bonds is 6. The van der Waals surface area contributed by atoms with E-state index in [2.05, 4.69) is 10.1 Å². The molecule has 0 aliphatic carbocycles. The van der Waals surface area contributed by atoms with Crippen molar-refractivity contribution in [3.05, 3.63) is 108 Å². The summed E-state index contributed by atoms with van der Waals surface area (Å²) in [5, 5.41) is 13.7. The van der Waals surface area contributed by atoms with Crippen LogP contribution in [-0.2, 0) is 10.0 Å². The van der Waals surface area contributed by atoms with E-state index in [0.717, 1.165) is 22.5 Å². The smallest absolute Gasteiger partial charge is 0.279 e. The van der Waals surface area contributed by atoms with E-state index in [1.807, 2.05) is 84.4 Å². The molecule has 0 bridgehead atoms. The molecule has 9 heteroatoms. The number of nitrogens with zero attached hydrogens (tertiary/aromatic N) is 6. The van der Waals surface area contributed by atoms with Crippen molar-refractivity contribution in [2.45, 2.75) is 17.4 Å². The lowest BCUT2D eigenvalue weighted by atomic mass is 9.99. The predicted molar refractivity (Wildman–Crippen MR) is 138 cm³/mol. The van der Waals surface area contributed by atoms with E-state index in [4.69, 9.17) is 5.26 Å². The molecular weight excluding hydrogens is 472 g/mol. The SMILES string of the molecule is CN(C)c1ccc(C2CC(c3ccc(-n4ccnc4)cc3)=NN2S(=O)(=O)c2ccc(C#N)cc2)cc1. The fourth-order valence-corrected chi connectivity index (χ4v) is 5.61. The summed E-state index contributed by atoms with van der Waals surface area (Å²) in [5.74, 6) is 0. The largest absolute Gasteiger partial charge is 0.378 e. The van der Waals surface area contributed by atoms with Crippen LogP contribution < -0.4 is 4.90 Å². The highest BCUT2D eigenvalue weighted by Crippen LogP contribution is 2.37. The average Bonchev–Trinajstić information content (AvgIpc) is 3.60. The van der Waals surface area contributed by atoms with E-state index in [0.29, 0.717) is 17.7 Å². The van der Waals surface area contributed by atoms with Crippen LogP contribution >= 0.6 is 0 Å². The number of imidazole rings is 1. The summed E-state index contributed by atoms with van der Waals surface area (Å²) in [6.07, 6.45) is 5.73. The molecule has 0 saturated carbocycles. The normalized spacial score (nSPS) is 15.4. The Hall–Kier alpha value is -4.42. The molecule has 1 aliphatic heterocycles. The standard InChI is InChI=1S/C27H24N6O2S/c1-31(2)23-9-7-22(8-10-23)27-17-26(21-5-11-24(12-6-21)32-16-15-29-19-32)30-33(27)36(34,35)25-13-3-20(18-28)4-14-25/h3-16,19,27H,17H2,1-2H3. The first kappa shape index (κ1) is 23.3. The van der Waals surface area contributed by atoms with Crippen LogP contribution in [0.4, 0.5) is 5.69 Å². The molecule has 0 amide bonds. The molecule has 0 saturated heterocycles. The molecule has 8 nitrogen and oxygen atoms in total. The van der Waals surface area contributed by atoms with Crippen LogP contribution in [0.2, 0.25) is 0 Å². The first-order valence-corrected chi connectivity index (χ1v) is 12.8. The summed E-state index contributed by atoms with van der Waals surface area (Å²) < 4.78 is 30.5. The van der Waals surface area contributed by atoms with Crippen LogP contribution in [0.1, 0.15) is 29.2 Å². The fraction of sp³-hybridized carbons (Fsp3) is 0.148. The molecule has 180 valence electrons. The summed E-state index contributed by atoms with van der Waals surface area (Å²) >= 11 is 0. The monoisotopic (exact) mass is 496 g/mol. The molecule has 0 N–H and O–H groups in total. The van der Waals surface area contributed by atoms with E-state index < -0.39 is 16.1 Å². The second-order valence-corrected chi connectivity index (χ2v) is 10.5. The number of nitriles is 1. The fourth-order valence-electron chi connectivity index (χ4n) is 4.17. The van der Waals surface area contributed by atoms with Crippen molar-refractivity contribution < 1.29 is 8.42 Å². The number of sulfonamides is 1. The Labute approximate surface area is 210 Å². The molecule has 1 aliphatic rings. The maximum atomic E-state index is 13.7. The zero-order chi connectivity index (χ0) is 25.3. The van der Waals surface area contributed by atoms with Crippen molar-refractivity contribution in [2.24, 2.45) is 5.10 Å². The van der Waals surface area contributed by atoms with Gasteiger partial charge in [0.1, 0.15) is 0 Å². The van der Waals surface area contributed by atoms with Gasteiger partial charge in [0.2, 0.25) is 0 Å². The number of hydrogen-bond acceptors (Lipinski definition) is 6. The Balaban J connectivity index is 1.53. The van der Waals surface area contributed by atoms with Crippen molar-refractivity contribution in [3.63, 3.8) is 0 Å². The Bertz CT molecular complexity index is 1530. The van der Waals surface area contributed by atoms with Gasteiger partial charge in [0.05, 0.1) is 34.6 Å². The van der Waals surface area contributed by atoms with E-state index >= 15 is 0 Å². The molecule has 5 rings (SSSR count). The Kier molecular flexibility index (Phi) is 6.04. The third-order valence-electron chi connectivity index (χ3n) is 6.20. The summed E-state index contributed by atoms with van der Waals surface area (Å²) in [7, 11) is -0.0399. The van der Waals surface area contributed by atoms with Crippen molar-refractivity contribution >= 4 is 21.4 Å². The average molecular weight is 497 g/mol. The van der Waals surface area contributed by atoms with Crippen LogP contribution in [0.15, 0.2) is 102 Å². The van der Waals surface area contributed by atoms with Gasteiger partial charge in [-0.1, -0.05) is 24.3 Å². The number of anilines is 1. The van der Waals surface area contributed by atoms with Gasteiger partial charge in [-0.2, -0.15) is 23.2 Å². The van der Waals surface area contributed by atoms with Gasteiger partial charge in [0, 0.05) is 44.3 Å². The third-order valence-corrected chi connectivity index (χ3v) is 7.89. The maximum Gasteiger partial charge on any atom is 0.279 e. The highest BCUT2D eigenvalue weighted by molar-refractivity contribution is 7.89. The topological polar surface area (TPSA) is 94.6 Å². The second-order valence-electron chi connectivity index (χ2n) is 8.68. The number of benzene rings is 3. The van der Waals surface area contributed by atoms with Gasteiger partial charge >= 0.3 is 0 Å². The molecule has 0 spiro atoms. The van der Waals surface area contributed by atoms with Crippen LogP contribution in [0, 0.1) is 11.3 Å². The summed E-state index contributed by atoms with van der Waals surface area (Å²) in [5.41, 5.74) is 4.76. The summed E-state index contributed by atoms with van der Waals surface area (Å²) in [6, 6.07) is 23.1. The Morgan fingerprint density at radius 1 is 0.972 bits per heavy atom. The third kappa shape index (κ3) is 4.34. The van der Waals surface area contributed by atoms with E-state index in [9.17, 15) is 8.42 Å². The minimum atomic E-state index is -3.96. The second kappa shape index (κ2) is 9.32.